The molecule has 6 nitrogen and oxygen atoms in total. The highest BCUT2D eigenvalue weighted by Crippen LogP contribution is 2.19. The molecule has 1 N–H and O–H groups in total. The molecule has 118 valence electrons. The molecule has 0 bridgehead atoms. The summed E-state index contributed by atoms with van der Waals surface area (Å²) in [5, 5.41) is 3.39. The number of carbonyl (C=O) groups excluding carboxylic acids is 1. The summed E-state index contributed by atoms with van der Waals surface area (Å²) in [6, 6.07) is 6.25. The van der Waals surface area contributed by atoms with Crippen molar-refractivity contribution in [3.05, 3.63) is 30.1 Å². The molecule has 2 aromatic heterocycles. The van der Waals surface area contributed by atoms with Gasteiger partial charge in [0.05, 0.1) is 18.7 Å². The summed E-state index contributed by atoms with van der Waals surface area (Å²) in [7, 11) is 0. The van der Waals surface area contributed by atoms with Gasteiger partial charge in [-0.25, -0.2) is 4.98 Å². The molecule has 1 aliphatic heterocycles. The van der Waals surface area contributed by atoms with Crippen molar-refractivity contribution < 1.29 is 9.53 Å². The average Bonchev–Trinajstić information content (AvgIpc) is 2.87. The summed E-state index contributed by atoms with van der Waals surface area (Å²) in [6.45, 7) is 6.82. The zero-order chi connectivity index (χ0) is 15.5. The molecule has 0 saturated carbocycles. The van der Waals surface area contributed by atoms with Crippen LogP contribution in [0.1, 0.15) is 19.0 Å². The Hall–Kier alpha value is -2.08. The molecule has 0 radical (unpaired) electrons. The van der Waals surface area contributed by atoms with Crippen molar-refractivity contribution in [2.75, 3.05) is 31.1 Å². The molecular formula is C16H22N4O2. The SMILES string of the molecule is CCOC(=O)CC1CN(c2cccc3nc(C)cn23)CCN1. The highest BCUT2D eigenvalue weighted by Gasteiger charge is 2.23. The molecule has 0 amide bonds. The summed E-state index contributed by atoms with van der Waals surface area (Å²) in [5.41, 5.74) is 1.96. The Labute approximate surface area is 130 Å². The number of imidazole rings is 1. The lowest BCUT2D eigenvalue weighted by molar-refractivity contribution is -0.143. The van der Waals surface area contributed by atoms with Crippen molar-refractivity contribution in [3.63, 3.8) is 0 Å². The number of esters is 1. The maximum atomic E-state index is 11.7. The van der Waals surface area contributed by atoms with E-state index in [2.05, 4.69) is 25.7 Å². The van der Waals surface area contributed by atoms with E-state index in [1.165, 1.54) is 0 Å². The lowest BCUT2D eigenvalue weighted by Crippen LogP contribution is -2.52. The molecule has 0 spiro atoms. The number of rotatable bonds is 4. The lowest BCUT2D eigenvalue weighted by Gasteiger charge is -2.35. The van der Waals surface area contributed by atoms with Crippen LogP contribution in [0.3, 0.4) is 0 Å². The van der Waals surface area contributed by atoms with E-state index < -0.39 is 0 Å². The van der Waals surface area contributed by atoms with E-state index in [4.69, 9.17) is 4.74 Å². The van der Waals surface area contributed by atoms with Crippen LogP contribution in [0.25, 0.3) is 5.65 Å². The third-order valence-corrected chi connectivity index (χ3v) is 3.89. The van der Waals surface area contributed by atoms with Crippen LogP contribution >= 0.6 is 0 Å². The standard InChI is InChI=1S/C16H22N4O2/c1-3-22-16(21)9-13-11-19(8-7-17-13)15-6-4-5-14-18-12(2)10-20(14)15/h4-6,10,13,17H,3,7-9,11H2,1-2H3. The van der Waals surface area contributed by atoms with E-state index in [9.17, 15) is 4.79 Å². The van der Waals surface area contributed by atoms with Crippen molar-refractivity contribution in [3.8, 4) is 0 Å². The van der Waals surface area contributed by atoms with E-state index in [0.29, 0.717) is 13.0 Å². The number of aromatic nitrogens is 2. The minimum absolute atomic E-state index is 0.118. The van der Waals surface area contributed by atoms with E-state index in [1.807, 2.05) is 32.2 Å². The predicted octanol–water partition coefficient (Wildman–Crippen LogP) is 1.37. The minimum atomic E-state index is -0.140. The Morgan fingerprint density at radius 1 is 1.50 bits per heavy atom. The molecule has 1 unspecified atom stereocenters. The number of anilines is 1. The molecule has 1 saturated heterocycles. The number of aryl methyl sites for hydroxylation is 1. The molecule has 0 aliphatic carbocycles. The average molecular weight is 302 g/mol. The van der Waals surface area contributed by atoms with Gasteiger partial charge in [-0.2, -0.15) is 0 Å². The van der Waals surface area contributed by atoms with Gasteiger partial charge in [0, 0.05) is 31.9 Å². The normalized spacial score (nSPS) is 18.6. The molecule has 6 heteroatoms. The molecule has 3 rings (SSSR count). The van der Waals surface area contributed by atoms with Crippen molar-refractivity contribution >= 4 is 17.4 Å². The molecule has 1 atom stereocenters. The zero-order valence-electron chi connectivity index (χ0n) is 13.1. The fourth-order valence-electron chi connectivity index (χ4n) is 2.97. The van der Waals surface area contributed by atoms with Gasteiger partial charge in [0.15, 0.2) is 0 Å². The summed E-state index contributed by atoms with van der Waals surface area (Å²) in [4.78, 5) is 18.5. The number of hydrogen-bond donors (Lipinski definition) is 1. The van der Waals surface area contributed by atoms with Gasteiger partial charge in [-0.05, 0) is 26.0 Å². The molecule has 22 heavy (non-hydrogen) atoms. The second-order valence-electron chi connectivity index (χ2n) is 5.60. The fraction of sp³-hybridized carbons (Fsp3) is 0.500. The first kappa shape index (κ1) is 14.8. The maximum Gasteiger partial charge on any atom is 0.307 e. The highest BCUT2D eigenvalue weighted by atomic mass is 16.5. The number of carbonyl (C=O) groups is 1. The third-order valence-electron chi connectivity index (χ3n) is 3.89. The second kappa shape index (κ2) is 6.36. The number of nitrogens with one attached hydrogen (secondary N) is 1. The first-order valence-corrected chi connectivity index (χ1v) is 7.76. The Kier molecular flexibility index (Phi) is 4.29. The van der Waals surface area contributed by atoms with Crippen molar-refractivity contribution in [1.82, 2.24) is 14.7 Å². The largest absolute Gasteiger partial charge is 0.466 e. The van der Waals surface area contributed by atoms with E-state index >= 15 is 0 Å². The minimum Gasteiger partial charge on any atom is -0.466 e. The quantitative estimate of drug-likeness (QED) is 0.865. The lowest BCUT2D eigenvalue weighted by atomic mass is 10.1. The van der Waals surface area contributed by atoms with Gasteiger partial charge in [-0.1, -0.05) is 6.07 Å². The number of nitrogens with zero attached hydrogens (tertiary/aromatic N) is 3. The molecule has 2 aromatic rings. The van der Waals surface area contributed by atoms with Gasteiger partial charge in [0.1, 0.15) is 11.5 Å². The molecule has 1 aliphatic rings. The van der Waals surface area contributed by atoms with Crippen LogP contribution in [0.2, 0.25) is 0 Å². The maximum absolute atomic E-state index is 11.7. The Morgan fingerprint density at radius 3 is 3.18 bits per heavy atom. The third kappa shape index (κ3) is 3.06. The molecular weight excluding hydrogens is 280 g/mol. The fourth-order valence-corrected chi connectivity index (χ4v) is 2.97. The van der Waals surface area contributed by atoms with E-state index in [-0.39, 0.29) is 12.0 Å². The van der Waals surface area contributed by atoms with Crippen LogP contribution in [0.4, 0.5) is 5.82 Å². The molecule has 1 fully saturated rings. The Balaban J connectivity index is 1.77. The van der Waals surface area contributed by atoms with Gasteiger partial charge in [-0.15, -0.1) is 0 Å². The molecule has 3 heterocycles. The van der Waals surface area contributed by atoms with Crippen molar-refractivity contribution in [2.45, 2.75) is 26.3 Å². The van der Waals surface area contributed by atoms with Crippen LogP contribution in [-0.2, 0) is 9.53 Å². The van der Waals surface area contributed by atoms with Crippen LogP contribution < -0.4 is 10.2 Å². The van der Waals surface area contributed by atoms with Crippen molar-refractivity contribution in [1.29, 1.82) is 0 Å². The monoisotopic (exact) mass is 302 g/mol. The number of fused-ring (bicyclic) bond motifs is 1. The van der Waals surface area contributed by atoms with Gasteiger partial charge < -0.3 is 15.0 Å². The molecule has 0 aromatic carbocycles. The summed E-state index contributed by atoms with van der Waals surface area (Å²) < 4.78 is 7.16. The van der Waals surface area contributed by atoms with Gasteiger partial charge in [0.25, 0.3) is 0 Å². The zero-order valence-corrected chi connectivity index (χ0v) is 13.1. The predicted molar refractivity (Wildman–Crippen MR) is 85.2 cm³/mol. The first-order valence-electron chi connectivity index (χ1n) is 7.76. The summed E-state index contributed by atoms with van der Waals surface area (Å²) >= 11 is 0. The smallest absolute Gasteiger partial charge is 0.307 e. The summed E-state index contributed by atoms with van der Waals surface area (Å²) in [5.74, 6) is 0.979. The van der Waals surface area contributed by atoms with Gasteiger partial charge >= 0.3 is 5.97 Å². The van der Waals surface area contributed by atoms with Crippen LogP contribution in [-0.4, -0.2) is 47.6 Å². The van der Waals surface area contributed by atoms with Crippen LogP contribution in [0, 0.1) is 6.92 Å². The Bertz CT molecular complexity index is 667. The van der Waals surface area contributed by atoms with Gasteiger partial charge in [0.2, 0.25) is 0 Å². The topological polar surface area (TPSA) is 58.9 Å². The van der Waals surface area contributed by atoms with E-state index in [0.717, 1.165) is 36.8 Å². The van der Waals surface area contributed by atoms with Gasteiger partial charge in [-0.3, -0.25) is 9.20 Å². The van der Waals surface area contributed by atoms with Crippen LogP contribution in [0.5, 0.6) is 0 Å². The second-order valence-corrected chi connectivity index (χ2v) is 5.60. The number of piperazine rings is 1. The van der Waals surface area contributed by atoms with Crippen molar-refractivity contribution in [2.24, 2.45) is 0 Å². The number of pyridine rings is 1. The highest BCUT2D eigenvalue weighted by molar-refractivity contribution is 5.70. The Morgan fingerprint density at radius 2 is 2.36 bits per heavy atom. The number of hydrogen-bond acceptors (Lipinski definition) is 5. The summed E-state index contributed by atoms with van der Waals surface area (Å²) in [6.07, 6.45) is 2.45. The first-order chi connectivity index (χ1) is 10.7. The van der Waals surface area contributed by atoms with E-state index in [1.54, 1.807) is 0 Å². The van der Waals surface area contributed by atoms with Crippen LogP contribution in [0.15, 0.2) is 24.4 Å². The number of ether oxygens (including phenoxy) is 1.